The third-order valence-corrected chi connectivity index (χ3v) is 10.9. The van der Waals surface area contributed by atoms with Crippen LogP contribution >= 0.6 is 0 Å². The molecule has 0 amide bonds. The van der Waals surface area contributed by atoms with Crippen LogP contribution in [0.25, 0.3) is 0 Å². The summed E-state index contributed by atoms with van der Waals surface area (Å²) in [7, 11) is 0. The first kappa shape index (κ1) is 24.0. The van der Waals surface area contributed by atoms with Crippen molar-refractivity contribution < 1.29 is 29.6 Å². The van der Waals surface area contributed by atoms with Crippen molar-refractivity contribution in [3.05, 3.63) is 34.9 Å². The van der Waals surface area contributed by atoms with Crippen molar-refractivity contribution in [1.82, 2.24) is 0 Å². The largest absolute Gasteiger partial charge is 0.458 e. The zero-order chi connectivity index (χ0) is 24.6. The minimum atomic E-state index is -0.981. The molecule has 0 unspecified atom stereocenters. The fraction of sp³-hybridized carbons (Fsp3) is 0.714. The Kier molecular flexibility index (Phi) is 5.55. The summed E-state index contributed by atoms with van der Waals surface area (Å²) < 4.78 is 5.74. The van der Waals surface area contributed by atoms with E-state index in [2.05, 4.69) is 13.0 Å². The summed E-state index contributed by atoms with van der Waals surface area (Å²) in [5.74, 6) is 0.0427. The van der Waals surface area contributed by atoms with E-state index in [0.29, 0.717) is 18.4 Å². The third-order valence-electron chi connectivity index (χ3n) is 10.9. The van der Waals surface area contributed by atoms with Crippen LogP contribution < -0.4 is 0 Å². The van der Waals surface area contributed by atoms with Crippen molar-refractivity contribution in [2.45, 2.75) is 84.0 Å². The van der Waals surface area contributed by atoms with Gasteiger partial charge in [0, 0.05) is 12.3 Å². The summed E-state index contributed by atoms with van der Waals surface area (Å²) in [4.78, 5) is 25.6. The molecule has 5 rings (SSSR count). The summed E-state index contributed by atoms with van der Waals surface area (Å²) in [6, 6.07) is 0. The quantitative estimate of drug-likeness (QED) is 0.432. The summed E-state index contributed by atoms with van der Waals surface area (Å²) >= 11 is 0. The SMILES string of the molecule is CC1=C(CO)C(=O)O[C@@H]([C@@H](C)[C@@]2(O)CC[C@H]3[C@@H]4CC=C5[C@H](O)C=CC(=O)[C@]5(C)[C@H]4CC[C@@]32C)C1. The lowest BCUT2D eigenvalue weighted by Gasteiger charge is -2.59. The highest BCUT2D eigenvalue weighted by molar-refractivity contribution is 5.99. The maximum atomic E-state index is 13.1. The molecule has 0 spiro atoms. The van der Waals surface area contributed by atoms with Gasteiger partial charge in [0.25, 0.3) is 0 Å². The van der Waals surface area contributed by atoms with Gasteiger partial charge in [-0.05, 0) is 86.8 Å². The maximum Gasteiger partial charge on any atom is 0.336 e. The average molecular weight is 471 g/mol. The van der Waals surface area contributed by atoms with Crippen molar-refractivity contribution in [2.75, 3.05) is 6.61 Å². The predicted molar refractivity (Wildman–Crippen MR) is 126 cm³/mol. The summed E-state index contributed by atoms with van der Waals surface area (Å²) in [5.41, 5.74) is 0.0174. The van der Waals surface area contributed by atoms with Gasteiger partial charge in [0.05, 0.1) is 29.3 Å². The molecular weight excluding hydrogens is 432 g/mol. The summed E-state index contributed by atoms with van der Waals surface area (Å²) in [5, 5.41) is 32.3. The molecule has 4 aliphatic carbocycles. The molecule has 1 heterocycles. The van der Waals surface area contributed by atoms with Crippen molar-refractivity contribution in [3.63, 3.8) is 0 Å². The average Bonchev–Trinajstić information content (AvgIpc) is 3.07. The highest BCUT2D eigenvalue weighted by atomic mass is 16.5. The first-order valence-electron chi connectivity index (χ1n) is 12.8. The van der Waals surface area contributed by atoms with E-state index in [1.54, 1.807) is 12.2 Å². The zero-order valence-corrected chi connectivity index (χ0v) is 20.7. The lowest BCUT2D eigenvalue weighted by molar-refractivity contribution is -0.182. The molecule has 3 N–H and O–H groups in total. The molecule has 5 aliphatic rings. The van der Waals surface area contributed by atoms with Gasteiger partial charge in [0.2, 0.25) is 0 Å². The van der Waals surface area contributed by atoms with Crippen LogP contribution in [-0.2, 0) is 14.3 Å². The highest BCUT2D eigenvalue weighted by Gasteiger charge is 2.66. The first-order valence-corrected chi connectivity index (χ1v) is 12.8. The molecule has 0 aromatic heterocycles. The lowest BCUT2D eigenvalue weighted by Crippen LogP contribution is -2.59. The number of cyclic esters (lactones) is 1. The van der Waals surface area contributed by atoms with E-state index in [-0.39, 0.29) is 41.5 Å². The Labute approximate surface area is 201 Å². The molecule has 186 valence electrons. The number of esters is 1. The van der Waals surface area contributed by atoms with Crippen molar-refractivity contribution >= 4 is 11.8 Å². The number of allylic oxidation sites excluding steroid dienone is 2. The van der Waals surface area contributed by atoms with Crippen LogP contribution in [0, 0.1) is 34.5 Å². The fourth-order valence-electron chi connectivity index (χ4n) is 8.66. The lowest BCUT2D eigenvalue weighted by atomic mass is 9.46. The standard InChI is InChI=1S/C28H38O6/c1-15-13-23(34-25(32)18(15)14-29)16(2)28(33)12-10-19-17-5-6-21-22(30)7-8-24(31)27(21,4)20(17)9-11-26(19,28)3/h6-8,16-17,19-20,22-23,29-30,33H,5,9-14H2,1-4H3/t16-,17+,19+,20+,22-,23-,26+,27-,28+/m1/s1. The topological polar surface area (TPSA) is 104 Å². The van der Waals surface area contributed by atoms with E-state index in [9.17, 15) is 24.9 Å². The van der Waals surface area contributed by atoms with E-state index >= 15 is 0 Å². The Hall–Kier alpha value is -1.76. The molecule has 6 nitrogen and oxygen atoms in total. The predicted octanol–water partition coefficient (Wildman–Crippen LogP) is 3.26. The van der Waals surface area contributed by atoms with Gasteiger partial charge in [0.15, 0.2) is 5.78 Å². The van der Waals surface area contributed by atoms with Gasteiger partial charge in [-0.1, -0.05) is 25.5 Å². The molecule has 0 aromatic rings. The van der Waals surface area contributed by atoms with Crippen LogP contribution in [-0.4, -0.2) is 51.5 Å². The van der Waals surface area contributed by atoms with E-state index in [4.69, 9.17) is 4.74 Å². The van der Waals surface area contributed by atoms with Crippen LogP contribution in [0.3, 0.4) is 0 Å². The normalized spacial score (nSPS) is 46.9. The number of hydrogen-bond donors (Lipinski definition) is 3. The number of rotatable bonds is 3. The molecule has 1 aliphatic heterocycles. The van der Waals surface area contributed by atoms with Gasteiger partial charge in [-0.2, -0.15) is 0 Å². The Morgan fingerprint density at radius 1 is 1.18 bits per heavy atom. The Balaban J connectivity index is 1.44. The van der Waals surface area contributed by atoms with E-state index in [1.807, 2.05) is 20.8 Å². The third kappa shape index (κ3) is 2.97. The van der Waals surface area contributed by atoms with Crippen LogP contribution in [0.1, 0.15) is 66.2 Å². The highest BCUT2D eigenvalue weighted by Crippen LogP contribution is 2.68. The number of aliphatic hydroxyl groups is 3. The van der Waals surface area contributed by atoms with Crippen LogP contribution in [0.4, 0.5) is 0 Å². The molecule has 0 radical (unpaired) electrons. The first-order chi connectivity index (χ1) is 16.0. The maximum absolute atomic E-state index is 13.1. The van der Waals surface area contributed by atoms with Gasteiger partial charge in [-0.25, -0.2) is 4.79 Å². The molecule has 6 heteroatoms. The summed E-state index contributed by atoms with van der Waals surface area (Å²) in [6.45, 7) is 7.74. The molecular formula is C28H38O6. The number of ketones is 1. The molecule has 34 heavy (non-hydrogen) atoms. The molecule has 0 aromatic carbocycles. The number of fused-ring (bicyclic) bond motifs is 5. The minimum Gasteiger partial charge on any atom is -0.458 e. The van der Waals surface area contributed by atoms with E-state index in [0.717, 1.165) is 36.8 Å². The number of hydrogen-bond acceptors (Lipinski definition) is 6. The number of carbonyl (C=O) groups is 2. The van der Waals surface area contributed by atoms with Crippen molar-refractivity contribution in [1.29, 1.82) is 0 Å². The second kappa shape index (κ2) is 7.87. The van der Waals surface area contributed by atoms with Crippen molar-refractivity contribution in [3.8, 4) is 0 Å². The van der Waals surface area contributed by atoms with Crippen LogP contribution in [0.5, 0.6) is 0 Å². The van der Waals surface area contributed by atoms with Crippen LogP contribution in [0.2, 0.25) is 0 Å². The molecule has 9 atom stereocenters. The Morgan fingerprint density at radius 2 is 1.88 bits per heavy atom. The number of aliphatic hydroxyl groups excluding tert-OH is 2. The van der Waals surface area contributed by atoms with Crippen LogP contribution in [0.15, 0.2) is 34.9 Å². The van der Waals surface area contributed by atoms with Gasteiger partial charge in [-0.15, -0.1) is 0 Å². The van der Waals surface area contributed by atoms with E-state index < -0.39 is 29.2 Å². The number of carbonyl (C=O) groups excluding carboxylic acids is 2. The van der Waals surface area contributed by atoms with Gasteiger partial charge in [-0.3, -0.25) is 4.79 Å². The smallest absolute Gasteiger partial charge is 0.336 e. The molecule has 2 saturated carbocycles. The monoisotopic (exact) mass is 470 g/mol. The van der Waals surface area contributed by atoms with Crippen molar-refractivity contribution in [2.24, 2.45) is 34.5 Å². The molecule has 2 fully saturated rings. The van der Waals surface area contributed by atoms with Gasteiger partial charge >= 0.3 is 5.97 Å². The second-order valence-corrected chi connectivity index (χ2v) is 11.9. The zero-order valence-electron chi connectivity index (χ0n) is 20.7. The Bertz CT molecular complexity index is 1010. The molecule has 0 bridgehead atoms. The molecule has 0 saturated heterocycles. The second-order valence-electron chi connectivity index (χ2n) is 11.9. The van der Waals surface area contributed by atoms with E-state index in [1.165, 1.54) is 0 Å². The van der Waals surface area contributed by atoms with Gasteiger partial charge in [0.1, 0.15) is 6.10 Å². The minimum absolute atomic E-state index is 0.0834. The summed E-state index contributed by atoms with van der Waals surface area (Å²) in [6.07, 6.45) is 8.62. The van der Waals surface area contributed by atoms with Gasteiger partial charge < -0.3 is 20.1 Å². The Morgan fingerprint density at radius 3 is 2.56 bits per heavy atom. The number of ether oxygens (including phenoxy) is 1. The fourth-order valence-corrected chi connectivity index (χ4v) is 8.66.